The Kier molecular flexibility index (Phi) is 4.83. The average molecular weight is 329 g/mol. The minimum Gasteiger partial charge on any atom is -0.318 e. The Bertz CT molecular complexity index is 728. The van der Waals surface area contributed by atoms with Crippen LogP contribution in [0.25, 0.3) is 5.69 Å². The van der Waals surface area contributed by atoms with Gasteiger partial charge in [0, 0.05) is 48.8 Å². The van der Waals surface area contributed by atoms with Crippen molar-refractivity contribution in [2.75, 3.05) is 39.8 Å². The van der Waals surface area contributed by atoms with Crippen molar-refractivity contribution in [3.63, 3.8) is 0 Å². The average Bonchev–Trinajstić information content (AvgIpc) is 2.85. The highest BCUT2D eigenvalue weighted by Gasteiger charge is 2.21. The molecule has 0 unspecified atom stereocenters. The largest absolute Gasteiger partial charge is 0.318 e. The Morgan fingerprint density at radius 2 is 1.71 bits per heavy atom. The molecular weight excluding hydrogens is 305 g/mol. The van der Waals surface area contributed by atoms with Gasteiger partial charge < -0.3 is 9.47 Å². The van der Waals surface area contributed by atoms with E-state index in [9.17, 15) is 9.18 Å². The van der Waals surface area contributed by atoms with Gasteiger partial charge in [-0.3, -0.25) is 9.69 Å². The normalized spacial score (nSPS) is 16.5. The lowest BCUT2D eigenvalue weighted by atomic mass is 10.1. The third kappa shape index (κ3) is 3.42. The van der Waals surface area contributed by atoms with Crippen LogP contribution in [0.3, 0.4) is 0 Å². The van der Waals surface area contributed by atoms with Crippen LogP contribution >= 0.6 is 0 Å². The molecule has 1 aliphatic rings. The van der Waals surface area contributed by atoms with Crippen LogP contribution in [0.4, 0.5) is 4.39 Å². The minimum absolute atomic E-state index is 0.154. The summed E-state index contributed by atoms with van der Waals surface area (Å²) >= 11 is 0. The second kappa shape index (κ2) is 6.87. The summed E-state index contributed by atoms with van der Waals surface area (Å²) in [6, 6.07) is 8.31. The lowest BCUT2D eigenvalue weighted by Crippen LogP contribution is -2.46. The molecule has 0 spiro atoms. The van der Waals surface area contributed by atoms with Crippen LogP contribution < -0.4 is 0 Å². The molecule has 2 heterocycles. The second-order valence-corrected chi connectivity index (χ2v) is 6.60. The number of piperazine rings is 1. The monoisotopic (exact) mass is 329 g/mol. The zero-order chi connectivity index (χ0) is 17.3. The van der Waals surface area contributed by atoms with E-state index in [4.69, 9.17) is 0 Å². The Morgan fingerprint density at radius 1 is 1.08 bits per heavy atom. The van der Waals surface area contributed by atoms with Crippen molar-refractivity contribution in [1.29, 1.82) is 0 Å². The fraction of sp³-hybridized carbons (Fsp3) is 0.421. The van der Waals surface area contributed by atoms with Gasteiger partial charge >= 0.3 is 0 Å². The molecule has 3 rings (SSSR count). The van der Waals surface area contributed by atoms with Crippen molar-refractivity contribution < 1.29 is 9.18 Å². The molecule has 1 aromatic carbocycles. The van der Waals surface area contributed by atoms with Crippen molar-refractivity contribution in [1.82, 2.24) is 14.4 Å². The maximum Gasteiger partial charge on any atom is 0.178 e. The second-order valence-electron chi connectivity index (χ2n) is 6.60. The number of carbonyl (C=O) groups is 1. The summed E-state index contributed by atoms with van der Waals surface area (Å²) < 4.78 is 15.2. The molecule has 24 heavy (non-hydrogen) atoms. The van der Waals surface area contributed by atoms with E-state index < -0.39 is 0 Å². The molecule has 1 aliphatic heterocycles. The van der Waals surface area contributed by atoms with Crippen LogP contribution in [0.1, 0.15) is 21.7 Å². The van der Waals surface area contributed by atoms with Crippen LogP contribution in [-0.4, -0.2) is 59.9 Å². The van der Waals surface area contributed by atoms with Gasteiger partial charge in [0.15, 0.2) is 5.78 Å². The summed E-state index contributed by atoms with van der Waals surface area (Å²) in [5.74, 6) is -0.103. The number of halogens is 1. The molecule has 0 saturated carbocycles. The SMILES string of the molecule is Cc1cc(C(=O)CN2CCN(C)CC2)c(C)n1-c1ccc(F)cc1. The Morgan fingerprint density at radius 3 is 2.33 bits per heavy atom. The fourth-order valence-electron chi connectivity index (χ4n) is 3.33. The number of likely N-dealkylation sites (N-methyl/N-ethyl adjacent to an activating group) is 1. The molecule has 0 bridgehead atoms. The van der Waals surface area contributed by atoms with Crippen LogP contribution in [0.15, 0.2) is 30.3 Å². The molecule has 1 aromatic heterocycles. The van der Waals surface area contributed by atoms with Gasteiger partial charge in [0.1, 0.15) is 5.82 Å². The van der Waals surface area contributed by atoms with E-state index in [1.165, 1.54) is 12.1 Å². The fourth-order valence-corrected chi connectivity index (χ4v) is 3.33. The van der Waals surface area contributed by atoms with E-state index in [-0.39, 0.29) is 11.6 Å². The first-order valence-corrected chi connectivity index (χ1v) is 8.34. The predicted octanol–water partition coefficient (Wildman–Crippen LogP) is 2.66. The van der Waals surface area contributed by atoms with Crippen molar-refractivity contribution in [2.24, 2.45) is 0 Å². The summed E-state index contributed by atoms with van der Waals surface area (Å²) in [6.45, 7) is 8.25. The number of hydrogen-bond acceptors (Lipinski definition) is 3. The third-order valence-electron chi connectivity index (χ3n) is 4.78. The molecule has 0 radical (unpaired) electrons. The molecule has 0 amide bonds. The molecule has 128 valence electrons. The van der Waals surface area contributed by atoms with Crippen LogP contribution in [0, 0.1) is 19.7 Å². The molecule has 0 N–H and O–H groups in total. The van der Waals surface area contributed by atoms with Gasteiger partial charge in [-0.1, -0.05) is 0 Å². The Labute approximate surface area is 142 Å². The predicted molar refractivity (Wildman–Crippen MR) is 93.5 cm³/mol. The lowest BCUT2D eigenvalue weighted by Gasteiger charge is -2.31. The van der Waals surface area contributed by atoms with Crippen LogP contribution in [0.5, 0.6) is 0 Å². The topological polar surface area (TPSA) is 28.5 Å². The zero-order valence-electron chi connectivity index (χ0n) is 14.6. The Hall–Kier alpha value is -1.98. The molecule has 0 aliphatic carbocycles. The number of aryl methyl sites for hydroxylation is 1. The molecule has 1 fully saturated rings. The molecule has 2 aromatic rings. The highest BCUT2D eigenvalue weighted by atomic mass is 19.1. The van der Waals surface area contributed by atoms with E-state index in [0.717, 1.165) is 48.8 Å². The van der Waals surface area contributed by atoms with Crippen molar-refractivity contribution in [3.8, 4) is 5.69 Å². The maximum atomic E-state index is 13.2. The third-order valence-corrected chi connectivity index (χ3v) is 4.78. The van der Waals surface area contributed by atoms with Gasteiger partial charge in [0.2, 0.25) is 0 Å². The number of nitrogens with zero attached hydrogens (tertiary/aromatic N) is 3. The molecular formula is C19H24FN3O. The van der Waals surface area contributed by atoms with E-state index in [1.807, 2.05) is 24.5 Å². The quantitative estimate of drug-likeness (QED) is 0.808. The van der Waals surface area contributed by atoms with Crippen molar-refractivity contribution >= 4 is 5.78 Å². The van der Waals surface area contributed by atoms with E-state index in [0.29, 0.717) is 6.54 Å². The maximum absolute atomic E-state index is 13.2. The van der Waals surface area contributed by atoms with E-state index in [1.54, 1.807) is 12.1 Å². The van der Waals surface area contributed by atoms with Crippen molar-refractivity contribution in [2.45, 2.75) is 13.8 Å². The van der Waals surface area contributed by atoms with Crippen LogP contribution in [0.2, 0.25) is 0 Å². The van der Waals surface area contributed by atoms with Gasteiger partial charge in [-0.25, -0.2) is 4.39 Å². The first-order chi connectivity index (χ1) is 11.5. The zero-order valence-corrected chi connectivity index (χ0v) is 14.6. The van der Waals surface area contributed by atoms with Gasteiger partial charge in [0.25, 0.3) is 0 Å². The van der Waals surface area contributed by atoms with Crippen LogP contribution in [-0.2, 0) is 0 Å². The number of rotatable bonds is 4. The summed E-state index contributed by atoms with van der Waals surface area (Å²) in [4.78, 5) is 17.2. The number of carbonyl (C=O) groups excluding carboxylic acids is 1. The van der Waals surface area contributed by atoms with E-state index >= 15 is 0 Å². The lowest BCUT2D eigenvalue weighted by molar-refractivity contribution is 0.0876. The van der Waals surface area contributed by atoms with Gasteiger partial charge in [0.05, 0.1) is 6.54 Å². The smallest absolute Gasteiger partial charge is 0.178 e. The number of ketones is 1. The highest BCUT2D eigenvalue weighted by molar-refractivity contribution is 5.99. The first-order valence-electron chi connectivity index (χ1n) is 8.34. The van der Waals surface area contributed by atoms with Crippen molar-refractivity contribution in [3.05, 3.63) is 53.1 Å². The summed E-state index contributed by atoms with van der Waals surface area (Å²) in [5, 5.41) is 0. The summed E-state index contributed by atoms with van der Waals surface area (Å²) in [6.07, 6.45) is 0. The number of Topliss-reactive ketones (excluding diaryl/α,β-unsaturated/α-hetero) is 1. The van der Waals surface area contributed by atoms with Gasteiger partial charge in [-0.2, -0.15) is 0 Å². The summed E-state index contributed by atoms with van der Waals surface area (Å²) in [5.41, 5.74) is 3.54. The molecule has 0 atom stereocenters. The first kappa shape index (κ1) is 16.9. The van der Waals surface area contributed by atoms with Gasteiger partial charge in [-0.15, -0.1) is 0 Å². The standard InChI is InChI=1S/C19H24FN3O/c1-14-12-18(19(24)13-22-10-8-21(3)9-11-22)15(2)23(14)17-6-4-16(20)5-7-17/h4-7,12H,8-11,13H2,1-3H3. The number of aromatic nitrogens is 1. The summed E-state index contributed by atoms with van der Waals surface area (Å²) in [7, 11) is 2.11. The number of hydrogen-bond donors (Lipinski definition) is 0. The molecule has 5 heteroatoms. The minimum atomic E-state index is -0.257. The molecule has 1 saturated heterocycles. The Balaban J connectivity index is 1.80. The molecule has 4 nitrogen and oxygen atoms in total. The number of benzene rings is 1. The van der Waals surface area contributed by atoms with E-state index in [2.05, 4.69) is 16.8 Å². The van der Waals surface area contributed by atoms with Gasteiger partial charge in [-0.05, 0) is 51.2 Å². The highest BCUT2D eigenvalue weighted by Crippen LogP contribution is 2.22.